The van der Waals surface area contributed by atoms with E-state index in [9.17, 15) is 0 Å². The third-order valence-electron chi connectivity index (χ3n) is 4.81. The maximum atomic E-state index is 5.50. The maximum absolute atomic E-state index is 5.50. The van der Waals surface area contributed by atoms with Crippen LogP contribution in [0, 0.1) is 11.3 Å². The summed E-state index contributed by atoms with van der Waals surface area (Å²) in [5.41, 5.74) is 6.05. The molecule has 0 spiro atoms. The van der Waals surface area contributed by atoms with E-state index in [4.69, 9.17) is 5.73 Å². The van der Waals surface area contributed by atoms with E-state index < -0.39 is 0 Å². The van der Waals surface area contributed by atoms with Crippen LogP contribution in [0.4, 0.5) is 0 Å². The van der Waals surface area contributed by atoms with Gasteiger partial charge in [0, 0.05) is 6.04 Å². The van der Waals surface area contributed by atoms with Crippen LogP contribution in [-0.2, 0) is 0 Å². The van der Waals surface area contributed by atoms with Gasteiger partial charge in [-0.1, -0.05) is 27.2 Å². The van der Waals surface area contributed by atoms with Crippen LogP contribution in [0.2, 0.25) is 0 Å². The summed E-state index contributed by atoms with van der Waals surface area (Å²) in [6.45, 7) is 9.19. The van der Waals surface area contributed by atoms with Gasteiger partial charge in [0.1, 0.15) is 0 Å². The average Bonchev–Trinajstić information content (AvgIpc) is 2.35. The van der Waals surface area contributed by atoms with Crippen molar-refractivity contribution in [3.05, 3.63) is 0 Å². The molecule has 0 aromatic rings. The fourth-order valence-electron chi connectivity index (χ4n) is 2.94. The second kappa shape index (κ2) is 7.38. The summed E-state index contributed by atoms with van der Waals surface area (Å²) in [5, 5.41) is 3.69. The number of unbranched alkanes of at least 4 members (excludes halogenated alkanes) is 1. The molecule has 1 saturated carbocycles. The van der Waals surface area contributed by atoms with E-state index in [1.54, 1.807) is 0 Å². The maximum Gasteiger partial charge on any atom is 0.00672 e. The van der Waals surface area contributed by atoms with Crippen molar-refractivity contribution < 1.29 is 0 Å². The Hall–Kier alpha value is -0.0800. The van der Waals surface area contributed by atoms with Gasteiger partial charge >= 0.3 is 0 Å². The Bertz CT molecular complexity index is 193. The van der Waals surface area contributed by atoms with Gasteiger partial charge in [0.2, 0.25) is 0 Å². The highest BCUT2D eigenvalue weighted by Crippen LogP contribution is 2.40. The molecule has 2 heteroatoms. The van der Waals surface area contributed by atoms with Crippen molar-refractivity contribution in [2.45, 2.75) is 71.8 Å². The molecule has 0 saturated heterocycles. The summed E-state index contributed by atoms with van der Waals surface area (Å²) in [7, 11) is 0. The fourth-order valence-corrected chi connectivity index (χ4v) is 2.94. The van der Waals surface area contributed by atoms with E-state index in [0.29, 0.717) is 5.41 Å². The van der Waals surface area contributed by atoms with E-state index in [2.05, 4.69) is 26.1 Å². The van der Waals surface area contributed by atoms with Gasteiger partial charge in [-0.05, 0) is 62.9 Å². The molecule has 0 bridgehead atoms. The van der Waals surface area contributed by atoms with Gasteiger partial charge in [0.15, 0.2) is 0 Å². The lowest BCUT2D eigenvalue weighted by Gasteiger charge is -2.39. The monoisotopic (exact) mass is 240 g/mol. The minimum Gasteiger partial charge on any atom is -0.330 e. The molecule has 1 aliphatic rings. The van der Waals surface area contributed by atoms with Crippen LogP contribution in [-0.4, -0.2) is 19.1 Å². The Morgan fingerprint density at radius 1 is 1.12 bits per heavy atom. The van der Waals surface area contributed by atoms with Crippen molar-refractivity contribution in [3.8, 4) is 0 Å². The van der Waals surface area contributed by atoms with Crippen LogP contribution in [0.3, 0.4) is 0 Å². The Balaban J connectivity index is 2.17. The molecule has 1 fully saturated rings. The highest BCUT2D eigenvalue weighted by Gasteiger charge is 2.31. The second-order valence-corrected chi connectivity index (χ2v) is 6.34. The Morgan fingerprint density at radius 2 is 1.76 bits per heavy atom. The molecule has 0 aliphatic heterocycles. The number of nitrogens with one attached hydrogen (secondary N) is 1. The molecule has 1 rings (SSSR count). The highest BCUT2D eigenvalue weighted by molar-refractivity contribution is 4.84. The first kappa shape index (κ1) is 15.0. The molecule has 102 valence electrons. The number of rotatable bonds is 7. The molecule has 3 N–H and O–H groups in total. The summed E-state index contributed by atoms with van der Waals surface area (Å²) in [6.07, 6.45) is 9.27. The molecule has 0 aromatic carbocycles. The van der Waals surface area contributed by atoms with Crippen LogP contribution in [0.15, 0.2) is 0 Å². The second-order valence-electron chi connectivity index (χ2n) is 6.34. The molecule has 1 aliphatic carbocycles. The van der Waals surface area contributed by atoms with Crippen molar-refractivity contribution in [3.63, 3.8) is 0 Å². The van der Waals surface area contributed by atoms with Gasteiger partial charge in [-0.25, -0.2) is 0 Å². The van der Waals surface area contributed by atoms with E-state index in [1.165, 1.54) is 38.5 Å². The largest absolute Gasteiger partial charge is 0.330 e. The lowest BCUT2D eigenvalue weighted by Crippen LogP contribution is -2.37. The molecular formula is C15H32N2. The third-order valence-corrected chi connectivity index (χ3v) is 4.81. The van der Waals surface area contributed by atoms with Crippen LogP contribution < -0.4 is 11.1 Å². The van der Waals surface area contributed by atoms with Crippen LogP contribution >= 0.6 is 0 Å². The molecule has 0 amide bonds. The Morgan fingerprint density at radius 3 is 2.29 bits per heavy atom. The molecular weight excluding hydrogens is 208 g/mol. The summed E-state index contributed by atoms with van der Waals surface area (Å²) in [4.78, 5) is 0. The van der Waals surface area contributed by atoms with Gasteiger partial charge < -0.3 is 11.1 Å². The molecule has 0 atom stereocenters. The summed E-state index contributed by atoms with van der Waals surface area (Å²) in [6, 6.07) is 0.775. The Labute approximate surface area is 108 Å². The summed E-state index contributed by atoms with van der Waals surface area (Å²) in [5.74, 6) is 0.939. The zero-order valence-electron chi connectivity index (χ0n) is 12.1. The van der Waals surface area contributed by atoms with Crippen molar-refractivity contribution in [1.29, 1.82) is 0 Å². The van der Waals surface area contributed by atoms with E-state index in [-0.39, 0.29) is 0 Å². The first-order valence-corrected chi connectivity index (χ1v) is 7.53. The minimum absolute atomic E-state index is 0.546. The van der Waals surface area contributed by atoms with Gasteiger partial charge in [0.25, 0.3) is 0 Å². The van der Waals surface area contributed by atoms with Crippen molar-refractivity contribution in [1.82, 2.24) is 5.32 Å². The quantitative estimate of drug-likeness (QED) is 0.670. The van der Waals surface area contributed by atoms with Crippen molar-refractivity contribution in [2.75, 3.05) is 13.1 Å². The van der Waals surface area contributed by atoms with Gasteiger partial charge in [-0.3, -0.25) is 0 Å². The number of hydrogen-bond acceptors (Lipinski definition) is 2. The lowest BCUT2D eigenvalue weighted by molar-refractivity contribution is 0.137. The van der Waals surface area contributed by atoms with Crippen molar-refractivity contribution >= 4 is 0 Å². The predicted molar refractivity (Wildman–Crippen MR) is 76.1 cm³/mol. The minimum atomic E-state index is 0.546. The average molecular weight is 240 g/mol. The first-order valence-electron chi connectivity index (χ1n) is 7.53. The molecule has 0 aromatic heterocycles. The van der Waals surface area contributed by atoms with Crippen molar-refractivity contribution in [2.24, 2.45) is 17.1 Å². The van der Waals surface area contributed by atoms with E-state index in [0.717, 1.165) is 31.5 Å². The zero-order chi connectivity index (χ0) is 12.7. The standard InChI is InChI=1S/C15H32N2/c1-4-15(2,3)13-7-9-14(10-8-13)17-12-6-5-11-16/h13-14,17H,4-12,16H2,1-3H3. The SMILES string of the molecule is CCC(C)(C)C1CCC(NCCCCN)CC1. The normalized spacial score (nSPS) is 26.1. The summed E-state index contributed by atoms with van der Waals surface area (Å²) >= 11 is 0. The van der Waals surface area contributed by atoms with E-state index in [1.807, 2.05) is 0 Å². The number of nitrogens with two attached hydrogens (primary N) is 1. The molecule has 0 unspecified atom stereocenters. The molecule has 2 nitrogen and oxygen atoms in total. The molecule has 17 heavy (non-hydrogen) atoms. The first-order chi connectivity index (χ1) is 8.10. The van der Waals surface area contributed by atoms with Crippen LogP contribution in [0.5, 0.6) is 0 Å². The van der Waals surface area contributed by atoms with Crippen LogP contribution in [0.25, 0.3) is 0 Å². The molecule has 0 heterocycles. The fraction of sp³-hybridized carbons (Fsp3) is 1.00. The Kier molecular flexibility index (Phi) is 6.50. The smallest absolute Gasteiger partial charge is 0.00672 e. The zero-order valence-corrected chi connectivity index (χ0v) is 12.1. The van der Waals surface area contributed by atoms with Gasteiger partial charge in [0.05, 0.1) is 0 Å². The summed E-state index contributed by atoms with van der Waals surface area (Å²) < 4.78 is 0. The topological polar surface area (TPSA) is 38.0 Å². The van der Waals surface area contributed by atoms with Gasteiger partial charge in [-0.15, -0.1) is 0 Å². The van der Waals surface area contributed by atoms with E-state index >= 15 is 0 Å². The third kappa shape index (κ3) is 4.97. The highest BCUT2D eigenvalue weighted by atomic mass is 14.9. The predicted octanol–water partition coefficient (Wildman–Crippen LogP) is 3.31. The molecule has 0 radical (unpaired) electrons. The van der Waals surface area contributed by atoms with Crippen LogP contribution in [0.1, 0.15) is 65.7 Å². The number of hydrogen-bond donors (Lipinski definition) is 2. The van der Waals surface area contributed by atoms with Gasteiger partial charge in [-0.2, -0.15) is 0 Å². The lowest BCUT2D eigenvalue weighted by atomic mass is 9.69.